The summed E-state index contributed by atoms with van der Waals surface area (Å²) in [7, 11) is 0. The molecule has 2 aromatic rings. The first-order chi connectivity index (χ1) is 8.26. The van der Waals surface area contributed by atoms with Crippen LogP contribution in [0, 0.1) is 0 Å². The molecule has 6 nitrogen and oxygen atoms in total. The van der Waals surface area contributed by atoms with Gasteiger partial charge in [-0.25, -0.2) is 0 Å². The predicted molar refractivity (Wildman–Crippen MR) is 65.9 cm³/mol. The fourth-order valence-corrected chi connectivity index (χ4v) is 1.67. The summed E-state index contributed by atoms with van der Waals surface area (Å²) in [5, 5.41) is 11.3. The van der Waals surface area contributed by atoms with Gasteiger partial charge in [0.25, 0.3) is 0 Å². The van der Waals surface area contributed by atoms with Crippen molar-refractivity contribution in [3.8, 4) is 11.5 Å². The van der Waals surface area contributed by atoms with Crippen LogP contribution in [0.5, 0.6) is 0 Å². The molecule has 0 fully saturated rings. The maximum Gasteiger partial charge on any atom is 0.248 e. The van der Waals surface area contributed by atoms with E-state index in [-0.39, 0.29) is 5.56 Å². The van der Waals surface area contributed by atoms with Crippen LogP contribution in [-0.2, 0) is 6.54 Å². The molecule has 0 bridgehead atoms. The normalized spacial score (nSPS) is 10.5. The quantitative estimate of drug-likeness (QED) is 0.828. The first-order valence-electron chi connectivity index (χ1n) is 5.63. The van der Waals surface area contributed by atoms with Crippen molar-refractivity contribution in [2.75, 3.05) is 11.9 Å². The third-order valence-corrected chi connectivity index (χ3v) is 2.41. The second-order valence-electron chi connectivity index (χ2n) is 3.55. The minimum absolute atomic E-state index is 0.141. The lowest BCUT2D eigenvalue weighted by Gasteiger charge is -2.07. The average molecular weight is 233 g/mol. The number of rotatable bonds is 4. The van der Waals surface area contributed by atoms with Crippen LogP contribution in [0.3, 0.4) is 0 Å². The molecule has 6 heteroatoms. The lowest BCUT2D eigenvalue weighted by molar-refractivity contribution is 0.767. The van der Waals surface area contributed by atoms with Crippen molar-refractivity contribution in [1.82, 2.24) is 19.7 Å². The topological polar surface area (TPSA) is 75.6 Å². The summed E-state index contributed by atoms with van der Waals surface area (Å²) in [6.45, 7) is 5.53. The molecule has 0 saturated heterocycles. The van der Waals surface area contributed by atoms with Crippen LogP contribution < -0.4 is 10.9 Å². The Labute approximate surface area is 98.7 Å². The maximum absolute atomic E-state index is 11.3. The molecule has 0 radical (unpaired) electrons. The summed E-state index contributed by atoms with van der Waals surface area (Å²) < 4.78 is 1.93. The maximum atomic E-state index is 11.3. The van der Waals surface area contributed by atoms with Gasteiger partial charge in [-0.05, 0) is 19.9 Å². The number of aromatic nitrogens is 4. The molecule has 17 heavy (non-hydrogen) atoms. The molecule has 0 aliphatic carbocycles. The van der Waals surface area contributed by atoms with Gasteiger partial charge in [0.15, 0.2) is 5.82 Å². The number of hydrogen-bond acceptors (Lipinski definition) is 4. The zero-order valence-corrected chi connectivity index (χ0v) is 9.90. The first kappa shape index (κ1) is 11.4. The van der Waals surface area contributed by atoms with Crippen molar-refractivity contribution in [2.24, 2.45) is 0 Å². The second kappa shape index (κ2) is 4.82. The Bertz CT molecular complexity index is 557. The molecular weight excluding hydrogens is 218 g/mol. The van der Waals surface area contributed by atoms with Crippen molar-refractivity contribution in [3.05, 3.63) is 28.6 Å². The van der Waals surface area contributed by atoms with E-state index in [1.54, 1.807) is 6.07 Å². The van der Waals surface area contributed by atoms with Gasteiger partial charge in [0.2, 0.25) is 11.5 Å². The molecule has 90 valence electrons. The van der Waals surface area contributed by atoms with E-state index in [0.717, 1.165) is 19.0 Å². The number of nitrogens with one attached hydrogen (secondary N) is 2. The molecule has 0 saturated carbocycles. The summed E-state index contributed by atoms with van der Waals surface area (Å²) in [5.41, 5.74) is 0.536. The van der Waals surface area contributed by atoms with Gasteiger partial charge in [0, 0.05) is 19.2 Å². The van der Waals surface area contributed by atoms with Gasteiger partial charge in [0.1, 0.15) is 0 Å². The van der Waals surface area contributed by atoms with E-state index >= 15 is 0 Å². The Balaban J connectivity index is 2.48. The molecule has 2 heterocycles. The van der Waals surface area contributed by atoms with Crippen molar-refractivity contribution in [3.63, 3.8) is 0 Å². The summed E-state index contributed by atoms with van der Waals surface area (Å²) in [6.07, 6.45) is 0. The summed E-state index contributed by atoms with van der Waals surface area (Å²) >= 11 is 0. The van der Waals surface area contributed by atoms with Crippen molar-refractivity contribution in [1.29, 1.82) is 0 Å². The Kier molecular flexibility index (Phi) is 3.22. The highest BCUT2D eigenvalue weighted by atomic mass is 16.1. The smallest absolute Gasteiger partial charge is 0.248 e. The van der Waals surface area contributed by atoms with Crippen molar-refractivity contribution >= 4 is 5.95 Å². The van der Waals surface area contributed by atoms with E-state index in [4.69, 9.17) is 0 Å². The molecule has 0 spiro atoms. The van der Waals surface area contributed by atoms with Crippen LogP contribution in [0.25, 0.3) is 11.5 Å². The van der Waals surface area contributed by atoms with Crippen LogP contribution in [0.1, 0.15) is 13.8 Å². The van der Waals surface area contributed by atoms with Crippen molar-refractivity contribution in [2.45, 2.75) is 20.4 Å². The summed E-state index contributed by atoms with van der Waals surface area (Å²) in [5.74, 6) is 1.39. The molecule has 0 aliphatic heterocycles. The first-order valence-corrected chi connectivity index (χ1v) is 5.63. The standard InChI is InChI=1S/C11H15N5O/c1-3-12-11-15-14-10(16(11)4-2)8-6-5-7-9(17)13-8/h5-7H,3-4H2,1-2H3,(H,12,15)(H,13,17). The van der Waals surface area contributed by atoms with E-state index in [1.807, 2.05) is 24.5 Å². The fourth-order valence-electron chi connectivity index (χ4n) is 1.67. The lowest BCUT2D eigenvalue weighted by Crippen LogP contribution is -2.09. The van der Waals surface area contributed by atoms with Crippen LogP contribution in [0.15, 0.2) is 23.0 Å². The zero-order valence-electron chi connectivity index (χ0n) is 9.90. The second-order valence-corrected chi connectivity index (χ2v) is 3.55. The summed E-state index contributed by atoms with van der Waals surface area (Å²) in [4.78, 5) is 14.0. The number of H-pyrrole nitrogens is 1. The highest BCUT2D eigenvalue weighted by molar-refractivity contribution is 5.51. The minimum Gasteiger partial charge on any atom is -0.355 e. The van der Waals surface area contributed by atoms with Gasteiger partial charge in [0.05, 0.1) is 5.69 Å². The van der Waals surface area contributed by atoms with Crippen LogP contribution in [0.2, 0.25) is 0 Å². The highest BCUT2D eigenvalue weighted by Crippen LogP contribution is 2.17. The van der Waals surface area contributed by atoms with Gasteiger partial charge in [-0.15, -0.1) is 10.2 Å². The molecular formula is C11H15N5O. The van der Waals surface area contributed by atoms with Gasteiger partial charge >= 0.3 is 0 Å². The lowest BCUT2D eigenvalue weighted by atomic mass is 10.3. The Morgan fingerprint density at radius 2 is 2.18 bits per heavy atom. The van der Waals surface area contributed by atoms with Gasteiger partial charge in [-0.2, -0.15) is 0 Å². The van der Waals surface area contributed by atoms with E-state index in [1.165, 1.54) is 6.07 Å². The van der Waals surface area contributed by atoms with Crippen LogP contribution in [-0.4, -0.2) is 26.3 Å². The van der Waals surface area contributed by atoms with Crippen molar-refractivity contribution < 1.29 is 0 Å². The minimum atomic E-state index is -0.141. The third kappa shape index (κ3) is 2.20. The molecule has 2 aromatic heterocycles. The van der Waals surface area contributed by atoms with E-state index in [2.05, 4.69) is 20.5 Å². The zero-order chi connectivity index (χ0) is 12.3. The molecule has 0 atom stereocenters. The number of aromatic amines is 1. The van der Waals surface area contributed by atoms with E-state index < -0.39 is 0 Å². The Morgan fingerprint density at radius 3 is 2.82 bits per heavy atom. The number of pyridine rings is 1. The number of hydrogen-bond donors (Lipinski definition) is 2. The molecule has 0 unspecified atom stereocenters. The van der Waals surface area contributed by atoms with Crippen LogP contribution >= 0.6 is 0 Å². The molecule has 0 aromatic carbocycles. The SMILES string of the molecule is CCNc1nnc(-c2cccc(=O)[nH]2)n1CC. The Hall–Kier alpha value is -2.11. The predicted octanol–water partition coefficient (Wildman–Crippen LogP) is 1.09. The molecule has 2 rings (SSSR count). The summed E-state index contributed by atoms with van der Waals surface area (Å²) in [6, 6.07) is 4.99. The van der Waals surface area contributed by atoms with E-state index in [9.17, 15) is 4.79 Å². The third-order valence-electron chi connectivity index (χ3n) is 2.41. The molecule has 2 N–H and O–H groups in total. The van der Waals surface area contributed by atoms with Crippen LogP contribution in [0.4, 0.5) is 5.95 Å². The van der Waals surface area contributed by atoms with Gasteiger partial charge < -0.3 is 10.3 Å². The fraction of sp³-hybridized carbons (Fsp3) is 0.364. The van der Waals surface area contributed by atoms with Gasteiger partial charge in [-0.1, -0.05) is 6.07 Å². The number of anilines is 1. The Morgan fingerprint density at radius 1 is 1.35 bits per heavy atom. The van der Waals surface area contributed by atoms with E-state index in [0.29, 0.717) is 11.5 Å². The molecule has 0 amide bonds. The molecule has 0 aliphatic rings. The van der Waals surface area contributed by atoms with Gasteiger partial charge in [-0.3, -0.25) is 9.36 Å². The highest BCUT2D eigenvalue weighted by Gasteiger charge is 2.12. The monoisotopic (exact) mass is 233 g/mol. The average Bonchev–Trinajstić information content (AvgIpc) is 2.72. The largest absolute Gasteiger partial charge is 0.355 e. The number of nitrogens with zero attached hydrogens (tertiary/aromatic N) is 3.